The molecule has 2 aliphatic rings. The first-order chi connectivity index (χ1) is 16.3. The topological polar surface area (TPSA) is 9.23 Å². The lowest BCUT2D eigenvalue weighted by Gasteiger charge is -2.37. The average molecular weight is 445 g/mol. The predicted octanol–water partition coefficient (Wildman–Crippen LogP) is 9.33. The van der Waals surface area contributed by atoms with Crippen molar-refractivity contribution in [1.29, 1.82) is 0 Å². The molecular formula is C32H44O. The third-order valence-electron chi connectivity index (χ3n) is 8.19. The molecule has 0 aliphatic heterocycles. The number of ether oxygens (including phenoxy) is 1. The molecule has 0 atom stereocenters. The third kappa shape index (κ3) is 6.82. The van der Waals surface area contributed by atoms with Gasteiger partial charge in [0.25, 0.3) is 0 Å². The minimum Gasteiger partial charge on any atom is -0.377 e. The Morgan fingerprint density at radius 3 is 1.88 bits per heavy atom. The first-order valence-corrected chi connectivity index (χ1v) is 13.7. The van der Waals surface area contributed by atoms with Gasteiger partial charge in [0.1, 0.15) is 0 Å². The molecule has 0 spiro atoms. The molecule has 2 saturated carbocycles. The second-order valence-corrected chi connectivity index (χ2v) is 10.5. The van der Waals surface area contributed by atoms with Crippen molar-refractivity contribution >= 4 is 0 Å². The Balaban J connectivity index is 1.25. The molecule has 0 radical (unpaired) electrons. The fourth-order valence-corrected chi connectivity index (χ4v) is 6.14. The molecule has 178 valence electrons. The zero-order valence-electron chi connectivity index (χ0n) is 21.0. The van der Waals surface area contributed by atoms with Crippen LogP contribution in [0.1, 0.15) is 95.1 Å². The molecule has 0 saturated heterocycles. The molecule has 1 nitrogen and oxygen atoms in total. The minimum atomic E-state index is 0.715. The molecule has 2 aliphatic carbocycles. The highest BCUT2D eigenvalue weighted by molar-refractivity contribution is 5.64. The number of hydrogen-bond acceptors (Lipinski definition) is 1. The Hall–Kier alpha value is -1.86. The molecule has 2 aromatic rings. The highest BCUT2D eigenvalue weighted by Crippen LogP contribution is 2.44. The van der Waals surface area contributed by atoms with Gasteiger partial charge < -0.3 is 4.74 Å². The normalized spacial score (nSPS) is 26.0. The Morgan fingerprint density at radius 1 is 0.727 bits per heavy atom. The lowest BCUT2D eigenvalue weighted by Crippen LogP contribution is -2.25. The first kappa shape index (κ1) is 24.3. The molecular weight excluding hydrogens is 400 g/mol. The van der Waals surface area contributed by atoms with E-state index >= 15 is 0 Å². The Kier molecular flexibility index (Phi) is 9.24. The van der Waals surface area contributed by atoms with E-state index in [9.17, 15) is 0 Å². The molecule has 0 N–H and O–H groups in total. The van der Waals surface area contributed by atoms with Gasteiger partial charge in [0.15, 0.2) is 0 Å². The van der Waals surface area contributed by atoms with Crippen LogP contribution in [0.5, 0.6) is 0 Å². The molecule has 0 amide bonds. The van der Waals surface area contributed by atoms with Crippen molar-refractivity contribution < 1.29 is 4.74 Å². The van der Waals surface area contributed by atoms with Crippen LogP contribution >= 0.6 is 0 Å². The molecule has 0 bridgehead atoms. The van der Waals surface area contributed by atoms with Gasteiger partial charge in [-0.2, -0.15) is 0 Å². The maximum absolute atomic E-state index is 5.66. The summed E-state index contributed by atoms with van der Waals surface area (Å²) in [5.41, 5.74) is 5.43. The summed E-state index contributed by atoms with van der Waals surface area (Å²) in [4.78, 5) is 0. The lowest BCUT2D eigenvalue weighted by molar-refractivity contribution is 0.121. The Bertz CT molecular complexity index is 831. The van der Waals surface area contributed by atoms with Crippen molar-refractivity contribution in [2.45, 2.75) is 90.6 Å². The van der Waals surface area contributed by atoms with Crippen LogP contribution in [-0.4, -0.2) is 6.61 Å². The zero-order chi connectivity index (χ0) is 22.9. The molecule has 33 heavy (non-hydrogen) atoms. The van der Waals surface area contributed by atoms with E-state index in [0.717, 1.165) is 36.7 Å². The minimum absolute atomic E-state index is 0.715. The van der Waals surface area contributed by atoms with Crippen molar-refractivity contribution in [3.63, 3.8) is 0 Å². The van der Waals surface area contributed by atoms with Gasteiger partial charge in [0.2, 0.25) is 0 Å². The first-order valence-electron chi connectivity index (χ1n) is 13.7. The van der Waals surface area contributed by atoms with Gasteiger partial charge >= 0.3 is 0 Å². The second-order valence-electron chi connectivity index (χ2n) is 10.5. The number of allylic oxidation sites excluding steroid dienone is 2. The van der Waals surface area contributed by atoms with Crippen LogP contribution in [0.2, 0.25) is 0 Å². The second kappa shape index (κ2) is 12.6. The van der Waals surface area contributed by atoms with Gasteiger partial charge in [-0.15, -0.1) is 0 Å². The van der Waals surface area contributed by atoms with Crippen molar-refractivity contribution in [3.8, 4) is 11.1 Å². The third-order valence-corrected chi connectivity index (χ3v) is 8.19. The van der Waals surface area contributed by atoms with Gasteiger partial charge in [-0.1, -0.05) is 74.5 Å². The predicted molar refractivity (Wildman–Crippen MR) is 141 cm³/mol. The summed E-state index contributed by atoms with van der Waals surface area (Å²) in [6.45, 7) is 5.95. The quantitative estimate of drug-likeness (QED) is 0.276. The molecule has 2 fully saturated rings. The van der Waals surface area contributed by atoms with Crippen LogP contribution in [0.15, 0.2) is 60.7 Å². The standard InChI is InChI=1S/C32H44O/c1-3-5-6-25-7-11-27(12-8-25)29-15-19-31(20-16-29)32-21-17-30(18-22-32)28-13-9-26(10-14-28)24-33-23-4-2/h5-6,9-10,13-14,17-18,21-22,25,27,29,31H,3-4,7-8,11-12,15-16,19-20,23-24H2,1-2H3/t25-,27-,29-,31-. The van der Waals surface area contributed by atoms with Crippen LogP contribution in [0.25, 0.3) is 11.1 Å². The Morgan fingerprint density at radius 2 is 1.30 bits per heavy atom. The fraction of sp³-hybridized carbons (Fsp3) is 0.562. The largest absolute Gasteiger partial charge is 0.377 e. The monoisotopic (exact) mass is 444 g/mol. The summed E-state index contributed by atoms with van der Waals surface area (Å²) in [6.07, 6.45) is 18.5. The average Bonchev–Trinajstić information content (AvgIpc) is 2.89. The van der Waals surface area contributed by atoms with Gasteiger partial charge in [0.05, 0.1) is 6.61 Å². The summed E-state index contributed by atoms with van der Waals surface area (Å²) in [6, 6.07) is 18.3. The number of hydrogen-bond donors (Lipinski definition) is 0. The van der Waals surface area contributed by atoms with E-state index < -0.39 is 0 Å². The van der Waals surface area contributed by atoms with Crippen LogP contribution in [0.3, 0.4) is 0 Å². The van der Waals surface area contributed by atoms with Gasteiger partial charge in [-0.3, -0.25) is 0 Å². The van der Waals surface area contributed by atoms with Gasteiger partial charge in [-0.05, 0) is 110 Å². The molecule has 0 unspecified atom stereocenters. The van der Waals surface area contributed by atoms with Crippen molar-refractivity contribution in [3.05, 3.63) is 71.8 Å². The maximum atomic E-state index is 5.66. The van der Waals surface area contributed by atoms with Crippen LogP contribution in [-0.2, 0) is 11.3 Å². The van der Waals surface area contributed by atoms with Crippen molar-refractivity contribution in [2.24, 2.45) is 17.8 Å². The van der Waals surface area contributed by atoms with Crippen molar-refractivity contribution in [2.75, 3.05) is 6.61 Å². The fourth-order valence-electron chi connectivity index (χ4n) is 6.14. The summed E-state index contributed by atoms with van der Waals surface area (Å²) < 4.78 is 5.66. The molecule has 2 aromatic carbocycles. The summed E-state index contributed by atoms with van der Waals surface area (Å²) in [5.74, 6) is 3.60. The van der Waals surface area contributed by atoms with E-state index in [-0.39, 0.29) is 0 Å². The molecule has 1 heteroatoms. The highest BCUT2D eigenvalue weighted by Gasteiger charge is 2.30. The zero-order valence-corrected chi connectivity index (χ0v) is 21.0. The Labute approximate surface area is 202 Å². The van der Waals surface area contributed by atoms with Gasteiger partial charge in [-0.25, -0.2) is 0 Å². The van der Waals surface area contributed by atoms with Gasteiger partial charge in [0, 0.05) is 6.61 Å². The van der Waals surface area contributed by atoms with E-state index in [2.05, 4.69) is 74.5 Å². The van der Waals surface area contributed by atoms with Crippen LogP contribution in [0, 0.1) is 17.8 Å². The van der Waals surface area contributed by atoms with E-state index in [4.69, 9.17) is 4.74 Å². The lowest BCUT2D eigenvalue weighted by atomic mass is 9.68. The highest BCUT2D eigenvalue weighted by atomic mass is 16.5. The van der Waals surface area contributed by atoms with E-state index in [1.807, 2.05) is 0 Å². The SMILES string of the molecule is CCC=C[C@H]1CC[C@H]([C@H]2CC[C@H](c3ccc(-c4ccc(COCCC)cc4)cc3)CC2)CC1. The summed E-state index contributed by atoms with van der Waals surface area (Å²) in [7, 11) is 0. The molecule has 0 heterocycles. The molecule has 0 aromatic heterocycles. The van der Waals surface area contributed by atoms with Crippen LogP contribution < -0.4 is 0 Å². The van der Waals surface area contributed by atoms with Crippen LogP contribution in [0.4, 0.5) is 0 Å². The number of rotatable bonds is 9. The maximum Gasteiger partial charge on any atom is 0.0716 e. The van der Waals surface area contributed by atoms with Crippen molar-refractivity contribution in [1.82, 2.24) is 0 Å². The van der Waals surface area contributed by atoms with E-state index in [0.29, 0.717) is 6.61 Å². The molecule has 4 rings (SSSR count). The number of benzene rings is 2. The summed E-state index contributed by atoms with van der Waals surface area (Å²) in [5, 5.41) is 0. The summed E-state index contributed by atoms with van der Waals surface area (Å²) >= 11 is 0. The van der Waals surface area contributed by atoms with E-state index in [1.165, 1.54) is 74.5 Å². The smallest absolute Gasteiger partial charge is 0.0716 e. The van der Waals surface area contributed by atoms with E-state index in [1.54, 1.807) is 5.56 Å².